The SMILES string of the molecule is O=C1C=C(N2CCOCC2)c2ccccc21. The summed E-state index contributed by atoms with van der Waals surface area (Å²) in [7, 11) is 0. The van der Waals surface area contributed by atoms with Gasteiger partial charge in [-0.1, -0.05) is 24.3 Å². The Labute approximate surface area is 94.3 Å². The Hall–Kier alpha value is -1.61. The van der Waals surface area contributed by atoms with Crippen molar-refractivity contribution in [2.24, 2.45) is 0 Å². The third kappa shape index (κ3) is 1.44. The highest BCUT2D eigenvalue weighted by Crippen LogP contribution is 2.30. The van der Waals surface area contributed by atoms with Crippen LogP contribution in [0.1, 0.15) is 15.9 Å². The molecule has 1 fully saturated rings. The van der Waals surface area contributed by atoms with Gasteiger partial charge in [0.2, 0.25) is 0 Å². The molecule has 1 aliphatic heterocycles. The van der Waals surface area contributed by atoms with Gasteiger partial charge in [-0.15, -0.1) is 0 Å². The molecular formula is C13H13NO2. The van der Waals surface area contributed by atoms with E-state index in [1.54, 1.807) is 6.08 Å². The van der Waals surface area contributed by atoms with Gasteiger partial charge < -0.3 is 9.64 Å². The van der Waals surface area contributed by atoms with Crippen LogP contribution in [0.25, 0.3) is 5.70 Å². The molecule has 0 radical (unpaired) electrons. The lowest BCUT2D eigenvalue weighted by Gasteiger charge is -2.30. The number of benzene rings is 1. The van der Waals surface area contributed by atoms with Crippen LogP contribution >= 0.6 is 0 Å². The number of ether oxygens (including phenoxy) is 1. The molecule has 1 aromatic carbocycles. The lowest BCUT2D eigenvalue weighted by atomic mass is 10.1. The van der Waals surface area contributed by atoms with Crippen LogP contribution in [0, 0.1) is 0 Å². The summed E-state index contributed by atoms with van der Waals surface area (Å²) in [6, 6.07) is 7.79. The molecule has 3 heteroatoms. The number of hydrogen-bond donors (Lipinski definition) is 0. The number of carbonyl (C=O) groups excluding carboxylic acids is 1. The molecule has 0 N–H and O–H groups in total. The zero-order valence-electron chi connectivity index (χ0n) is 8.98. The van der Waals surface area contributed by atoms with Crippen molar-refractivity contribution in [3.05, 3.63) is 41.5 Å². The lowest BCUT2D eigenvalue weighted by molar-refractivity contribution is 0.0639. The third-order valence-corrected chi connectivity index (χ3v) is 3.09. The van der Waals surface area contributed by atoms with E-state index in [1.165, 1.54) is 0 Å². The predicted octanol–water partition coefficient (Wildman–Crippen LogP) is 1.56. The highest BCUT2D eigenvalue weighted by atomic mass is 16.5. The molecule has 0 amide bonds. The van der Waals surface area contributed by atoms with E-state index < -0.39 is 0 Å². The number of fused-ring (bicyclic) bond motifs is 1. The van der Waals surface area contributed by atoms with Crippen LogP contribution in [-0.2, 0) is 4.74 Å². The Bertz CT molecular complexity index is 459. The van der Waals surface area contributed by atoms with E-state index in [0.29, 0.717) is 0 Å². The van der Waals surface area contributed by atoms with E-state index in [2.05, 4.69) is 4.90 Å². The zero-order valence-corrected chi connectivity index (χ0v) is 8.98. The fourth-order valence-electron chi connectivity index (χ4n) is 2.27. The molecule has 0 aromatic heterocycles. The second-order valence-corrected chi connectivity index (χ2v) is 4.04. The summed E-state index contributed by atoms with van der Waals surface area (Å²) in [4.78, 5) is 14.0. The Morgan fingerprint density at radius 2 is 1.75 bits per heavy atom. The predicted molar refractivity (Wildman–Crippen MR) is 61.1 cm³/mol. The van der Waals surface area contributed by atoms with E-state index in [-0.39, 0.29) is 5.78 Å². The van der Waals surface area contributed by atoms with E-state index in [1.807, 2.05) is 24.3 Å². The van der Waals surface area contributed by atoms with Crippen LogP contribution in [-0.4, -0.2) is 37.0 Å². The van der Waals surface area contributed by atoms with Crippen molar-refractivity contribution < 1.29 is 9.53 Å². The molecule has 3 nitrogen and oxygen atoms in total. The molecule has 0 bridgehead atoms. The maximum absolute atomic E-state index is 11.8. The van der Waals surface area contributed by atoms with E-state index in [4.69, 9.17) is 4.74 Å². The summed E-state index contributed by atoms with van der Waals surface area (Å²) >= 11 is 0. The molecule has 3 rings (SSSR count). The molecule has 82 valence electrons. The summed E-state index contributed by atoms with van der Waals surface area (Å²) in [6.45, 7) is 3.22. The second kappa shape index (κ2) is 3.76. The average molecular weight is 215 g/mol. The van der Waals surface area contributed by atoms with Gasteiger partial charge in [0.1, 0.15) is 0 Å². The van der Waals surface area contributed by atoms with E-state index in [9.17, 15) is 4.79 Å². The van der Waals surface area contributed by atoms with E-state index >= 15 is 0 Å². The Kier molecular flexibility index (Phi) is 2.26. The minimum atomic E-state index is 0.122. The fraction of sp³-hybridized carbons (Fsp3) is 0.308. The summed E-state index contributed by atoms with van der Waals surface area (Å²) in [5.41, 5.74) is 2.95. The molecule has 0 saturated carbocycles. The van der Waals surface area contributed by atoms with Crippen molar-refractivity contribution >= 4 is 11.5 Å². The van der Waals surface area contributed by atoms with E-state index in [0.717, 1.165) is 43.1 Å². The van der Waals surface area contributed by atoms with Crippen LogP contribution in [0.2, 0.25) is 0 Å². The van der Waals surface area contributed by atoms with Crippen LogP contribution in [0.15, 0.2) is 30.3 Å². The van der Waals surface area contributed by atoms with Crippen molar-refractivity contribution in [3.8, 4) is 0 Å². The van der Waals surface area contributed by atoms with Crippen LogP contribution in [0.4, 0.5) is 0 Å². The molecule has 16 heavy (non-hydrogen) atoms. The minimum Gasteiger partial charge on any atom is -0.378 e. The molecule has 1 saturated heterocycles. The molecule has 1 aliphatic carbocycles. The first-order valence-electron chi connectivity index (χ1n) is 5.54. The number of rotatable bonds is 1. The Morgan fingerprint density at radius 1 is 1.06 bits per heavy atom. The normalized spacial score (nSPS) is 19.6. The molecule has 1 heterocycles. The number of nitrogens with zero attached hydrogens (tertiary/aromatic N) is 1. The highest BCUT2D eigenvalue weighted by Gasteiger charge is 2.25. The van der Waals surface area contributed by atoms with Crippen molar-refractivity contribution in [3.63, 3.8) is 0 Å². The first kappa shape index (κ1) is 9.60. The van der Waals surface area contributed by atoms with Crippen LogP contribution in [0.3, 0.4) is 0 Å². The maximum Gasteiger partial charge on any atom is 0.188 e. The quantitative estimate of drug-likeness (QED) is 0.712. The van der Waals surface area contributed by atoms with Crippen molar-refractivity contribution in [1.82, 2.24) is 4.90 Å². The molecule has 0 unspecified atom stereocenters. The first-order chi connectivity index (χ1) is 7.86. The maximum atomic E-state index is 11.8. The number of morpholine rings is 1. The standard InChI is InChI=1S/C13H13NO2/c15-13-9-12(14-5-7-16-8-6-14)10-3-1-2-4-11(10)13/h1-4,9H,5-8H2. The summed E-state index contributed by atoms with van der Waals surface area (Å²) < 4.78 is 5.32. The molecular weight excluding hydrogens is 202 g/mol. The van der Waals surface area contributed by atoms with Gasteiger partial charge in [-0.25, -0.2) is 0 Å². The number of hydrogen-bond acceptors (Lipinski definition) is 3. The van der Waals surface area contributed by atoms with Gasteiger partial charge in [0.25, 0.3) is 0 Å². The van der Waals surface area contributed by atoms with Gasteiger partial charge in [0, 0.05) is 36.0 Å². The van der Waals surface area contributed by atoms with Gasteiger partial charge in [-0.05, 0) is 0 Å². The van der Waals surface area contributed by atoms with Crippen molar-refractivity contribution in [1.29, 1.82) is 0 Å². The summed E-state index contributed by atoms with van der Waals surface area (Å²) in [5.74, 6) is 0.122. The third-order valence-electron chi connectivity index (χ3n) is 3.09. The van der Waals surface area contributed by atoms with Gasteiger partial charge >= 0.3 is 0 Å². The number of allylic oxidation sites excluding steroid dienone is 1. The molecule has 1 aromatic rings. The van der Waals surface area contributed by atoms with Crippen LogP contribution < -0.4 is 0 Å². The largest absolute Gasteiger partial charge is 0.378 e. The average Bonchev–Trinajstić information content (AvgIpc) is 2.69. The van der Waals surface area contributed by atoms with Crippen molar-refractivity contribution in [2.75, 3.05) is 26.3 Å². The highest BCUT2D eigenvalue weighted by molar-refractivity contribution is 6.16. The van der Waals surface area contributed by atoms with Gasteiger partial charge in [0.15, 0.2) is 5.78 Å². The van der Waals surface area contributed by atoms with Gasteiger partial charge in [-0.3, -0.25) is 4.79 Å². The Balaban J connectivity index is 1.97. The monoisotopic (exact) mass is 215 g/mol. The van der Waals surface area contributed by atoms with Crippen LogP contribution in [0.5, 0.6) is 0 Å². The zero-order chi connectivity index (χ0) is 11.0. The molecule has 0 spiro atoms. The topological polar surface area (TPSA) is 29.5 Å². The van der Waals surface area contributed by atoms with Gasteiger partial charge in [0.05, 0.1) is 13.2 Å². The second-order valence-electron chi connectivity index (χ2n) is 4.04. The minimum absolute atomic E-state index is 0.122. The smallest absolute Gasteiger partial charge is 0.188 e. The summed E-state index contributed by atoms with van der Waals surface area (Å²) in [5, 5.41) is 0. The van der Waals surface area contributed by atoms with Crippen molar-refractivity contribution in [2.45, 2.75) is 0 Å². The number of ketones is 1. The number of carbonyl (C=O) groups is 1. The first-order valence-corrected chi connectivity index (χ1v) is 5.54. The Morgan fingerprint density at radius 3 is 2.50 bits per heavy atom. The molecule has 2 aliphatic rings. The lowest BCUT2D eigenvalue weighted by Crippen LogP contribution is -2.34. The fourth-order valence-corrected chi connectivity index (χ4v) is 2.27. The van der Waals surface area contributed by atoms with Gasteiger partial charge in [-0.2, -0.15) is 0 Å². The molecule has 0 atom stereocenters. The summed E-state index contributed by atoms with van der Waals surface area (Å²) in [6.07, 6.45) is 1.75.